The Hall–Kier alpha value is -3.59. The third-order valence-corrected chi connectivity index (χ3v) is 5.03. The smallest absolute Gasteiger partial charge is 0.285 e. The summed E-state index contributed by atoms with van der Waals surface area (Å²) in [4.78, 5) is 28.9. The molecule has 0 atom stereocenters. The average Bonchev–Trinajstić information content (AvgIpc) is 3.24. The fraction of sp³-hybridized carbons (Fsp3) is 0.0526. The molecule has 4 rings (SSSR count). The van der Waals surface area contributed by atoms with Crippen molar-refractivity contribution in [3.8, 4) is 11.3 Å². The molecular weight excluding hydrogens is 383 g/mol. The highest BCUT2D eigenvalue weighted by atomic mass is 32.1. The molecule has 28 heavy (non-hydrogen) atoms. The Morgan fingerprint density at radius 3 is 2.71 bits per heavy atom. The number of nitrogens with zero attached hydrogens (tertiary/aromatic N) is 3. The summed E-state index contributed by atoms with van der Waals surface area (Å²) in [6, 6.07) is 10.3. The minimum Gasteiger partial charge on any atom is -0.306 e. The van der Waals surface area contributed by atoms with Crippen LogP contribution < -0.4 is 5.32 Å². The van der Waals surface area contributed by atoms with Crippen LogP contribution in [0.25, 0.3) is 16.2 Å². The first-order valence-corrected chi connectivity index (χ1v) is 9.10. The van der Waals surface area contributed by atoms with Crippen LogP contribution in [0.3, 0.4) is 0 Å². The van der Waals surface area contributed by atoms with Crippen LogP contribution in [0, 0.1) is 22.9 Å². The molecule has 7 nitrogen and oxygen atoms in total. The van der Waals surface area contributed by atoms with Crippen LogP contribution in [0.4, 0.5) is 15.9 Å². The molecule has 0 unspecified atom stereocenters. The van der Waals surface area contributed by atoms with E-state index in [2.05, 4.69) is 10.3 Å². The standard InChI is InChI=1S/C19H13FN4O3S/c1-11-3-2-4-14(16(11)24(26)27)18(25)22-17-15(12-5-7-13(20)8-6-12)21-19-23(17)9-10-28-19/h2-10H,1H3,(H,22,25). The summed E-state index contributed by atoms with van der Waals surface area (Å²) in [5.41, 5.74) is 1.18. The quantitative estimate of drug-likeness (QED) is 0.401. The van der Waals surface area contributed by atoms with E-state index in [1.165, 1.54) is 29.5 Å². The largest absolute Gasteiger partial charge is 0.306 e. The molecule has 0 fully saturated rings. The van der Waals surface area contributed by atoms with E-state index in [1.807, 2.05) is 5.38 Å². The third kappa shape index (κ3) is 3.01. The van der Waals surface area contributed by atoms with Crippen molar-refractivity contribution < 1.29 is 14.1 Å². The summed E-state index contributed by atoms with van der Waals surface area (Å²) in [6.07, 6.45) is 1.74. The first-order valence-electron chi connectivity index (χ1n) is 8.22. The number of fused-ring (bicyclic) bond motifs is 1. The monoisotopic (exact) mass is 396 g/mol. The summed E-state index contributed by atoms with van der Waals surface area (Å²) in [6.45, 7) is 1.58. The van der Waals surface area contributed by atoms with Crippen molar-refractivity contribution in [3.05, 3.63) is 81.1 Å². The first-order chi connectivity index (χ1) is 13.5. The first kappa shape index (κ1) is 17.8. The topological polar surface area (TPSA) is 89.5 Å². The number of aromatic nitrogens is 2. The van der Waals surface area contributed by atoms with Crippen LogP contribution in [-0.2, 0) is 0 Å². The highest BCUT2D eigenvalue weighted by molar-refractivity contribution is 7.15. The molecule has 1 amide bonds. The SMILES string of the molecule is Cc1cccc(C(=O)Nc2c(-c3ccc(F)cc3)nc3sccn23)c1[N+](=O)[O-]. The van der Waals surface area contributed by atoms with Gasteiger partial charge in [-0.15, -0.1) is 11.3 Å². The molecule has 0 saturated carbocycles. The van der Waals surface area contributed by atoms with Crippen LogP contribution in [0.1, 0.15) is 15.9 Å². The zero-order valence-electron chi connectivity index (χ0n) is 14.5. The van der Waals surface area contributed by atoms with E-state index in [4.69, 9.17) is 0 Å². The number of aryl methyl sites for hydroxylation is 1. The molecule has 9 heteroatoms. The molecule has 1 N–H and O–H groups in total. The number of thiazole rings is 1. The molecule has 0 spiro atoms. The van der Waals surface area contributed by atoms with E-state index in [9.17, 15) is 19.3 Å². The molecule has 0 aliphatic rings. The van der Waals surface area contributed by atoms with Gasteiger partial charge in [0.05, 0.1) is 4.92 Å². The van der Waals surface area contributed by atoms with Gasteiger partial charge in [-0.1, -0.05) is 12.1 Å². The number of imidazole rings is 1. The minimum absolute atomic E-state index is 0.0414. The van der Waals surface area contributed by atoms with Crippen LogP contribution in [-0.4, -0.2) is 20.2 Å². The van der Waals surface area contributed by atoms with Crippen LogP contribution in [0.5, 0.6) is 0 Å². The van der Waals surface area contributed by atoms with Crippen LogP contribution >= 0.6 is 11.3 Å². The van der Waals surface area contributed by atoms with E-state index in [0.717, 1.165) is 0 Å². The Labute approximate surface area is 162 Å². The second-order valence-electron chi connectivity index (χ2n) is 6.05. The second-order valence-corrected chi connectivity index (χ2v) is 6.93. The Bertz CT molecular complexity index is 1210. The predicted molar refractivity (Wildman–Crippen MR) is 104 cm³/mol. The Morgan fingerprint density at radius 1 is 1.25 bits per heavy atom. The zero-order valence-corrected chi connectivity index (χ0v) is 15.4. The van der Waals surface area contributed by atoms with Crippen molar-refractivity contribution in [3.63, 3.8) is 0 Å². The lowest BCUT2D eigenvalue weighted by atomic mass is 10.1. The van der Waals surface area contributed by atoms with Gasteiger partial charge in [-0.2, -0.15) is 0 Å². The number of nitrogens with one attached hydrogen (secondary N) is 1. The summed E-state index contributed by atoms with van der Waals surface area (Å²) in [7, 11) is 0. The van der Waals surface area contributed by atoms with Crippen molar-refractivity contribution in [2.45, 2.75) is 6.92 Å². The number of rotatable bonds is 4. The van der Waals surface area contributed by atoms with Gasteiger partial charge in [-0.25, -0.2) is 9.37 Å². The lowest BCUT2D eigenvalue weighted by Gasteiger charge is -2.09. The minimum atomic E-state index is -0.619. The third-order valence-electron chi connectivity index (χ3n) is 4.28. The molecule has 0 radical (unpaired) electrons. The number of nitro groups is 1. The van der Waals surface area contributed by atoms with Gasteiger partial charge in [0.15, 0.2) is 4.96 Å². The summed E-state index contributed by atoms with van der Waals surface area (Å²) in [5, 5.41) is 16.0. The van der Waals surface area contributed by atoms with Gasteiger partial charge in [0.1, 0.15) is 22.9 Å². The number of amides is 1. The molecule has 2 aromatic carbocycles. The van der Waals surface area contributed by atoms with Crippen LogP contribution in [0.15, 0.2) is 54.0 Å². The van der Waals surface area contributed by atoms with Gasteiger partial charge in [0, 0.05) is 22.7 Å². The van der Waals surface area contributed by atoms with Crippen molar-refractivity contribution in [2.24, 2.45) is 0 Å². The van der Waals surface area contributed by atoms with Gasteiger partial charge in [-0.3, -0.25) is 19.3 Å². The van der Waals surface area contributed by atoms with Gasteiger partial charge in [0.25, 0.3) is 11.6 Å². The molecule has 140 valence electrons. The molecule has 4 aromatic rings. The maximum absolute atomic E-state index is 13.3. The lowest BCUT2D eigenvalue weighted by Crippen LogP contribution is -2.16. The van der Waals surface area contributed by atoms with Crippen molar-refractivity contribution in [1.82, 2.24) is 9.38 Å². The Morgan fingerprint density at radius 2 is 2.00 bits per heavy atom. The Kier molecular flexibility index (Phi) is 4.36. The van der Waals surface area contributed by atoms with Gasteiger partial charge in [-0.05, 0) is 37.3 Å². The highest BCUT2D eigenvalue weighted by Gasteiger charge is 2.25. The molecule has 0 aliphatic carbocycles. The molecule has 0 bridgehead atoms. The Balaban J connectivity index is 1.80. The van der Waals surface area contributed by atoms with Crippen LogP contribution in [0.2, 0.25) is 0 Å². The van der Waals surface area contributed by atoms with E-state index in [-0.39, 0.29) is 17.1 Å². The second kappa shape index (κ2) is 6.86. The number of hydrogen-bond donors (Lipinski definition) is 1. The van der Waals surface area contributed by atoms with Gasteiger partial charge < -0.3 is 5.32 Å². The average molecular weight is 396 g/mol. The number of para-hydroxylation sites is 1. The number of nitro benzene ring substituents is 1. The number of carbonyl (C=O) groups is 1. The van der Waals surface area contributed by atoms with E-state index < -0.39 is 10.8 Å². The fourth-order valence-corrected chi connectivity index (χ4v) is 3.69. The van der Waals surface area contributed by atoms with Crippen molar-refractivity contribution in [2.75, 3.05) is 5.32 Å². The molecule has 2 aromatic heterocycles. The summed E-state index contributed by atoms with van der Waals surface area (Å²) < 4.78 is 15.0. The van der Waals surface area contributed by atoms with Crippen molar-refractivity contribution >= 4 is 33.7 Å². The normalized spacial score (nSPS) is 10.9. The number of hydrogen-bond acceptors (Lipinski definition) is 5. The van der Waals surface area contributed by atoms with Gasteiger partial charge >= 0.3 is 0 Å². The maximum atomic E-state index is 13.3. The molecule has 0 aliphatic heterocycles. The van der Waals surface area contributed by atoms with E-state index in [1.54, 1.807) is 41.8 Å². The fourth-order valence-electron chi connectivity index (χ4n) is 2.97. The predicted octanol–water partition coefficient (Wildman–Crippen LogP) is 4.67. The highest BCUT2D eigenvalue weighted by Crippen LogP contribution is 2.32. The summed E-state index contributed by atoms with van der Waals surface area (Å²) in [5.74, 6) is -0.638. The van der Waals surface area contributed by atoms with Crippen molar-refractivity contribution in [1.29, 1.82) is 0 Å². The number of halogens is 1. The lowest BCUT2D eigenvalue weighted by molar-refractivity contribution is -0.385. The summed E-state index contributed by atoms with van der Waals surface area (Å²) >= 11 is 1.37. The maximum Gasteiger partial charge on any atom is 0.285 e. The van der Waals surface area contributed by atoms with Gasteiger partial charge in [0.2, 0.25) is 0 Å². The molecule has 0 saturated heterocycles. The zero-order chi connectivity index (χ0) is 19.8. The molecule has 2 heterocycles. The number of anilines is 1. The number of benzene rings is 2. The van der Waals surface area contributed by atoms with E-state index in [0.29, 0.717) is 27.6 Å². The number of carbonyl (C=O) groups excluding carboxylic acids is 1. The van der Waals surface area contributed by atoms with E-state index >= 15 is 0 Å². The molecular formula is C19H13FN4O3S.